The predicted octanol–water partition coefficient (Wildman–Crippen LogP) is -1.08. The number of nitrogens with zero attached hydrogens (tertiary/aromatic N) is 1. The number of carbonyl (C=O) groups excluding carboxylic acids is 1. The number of ketones is 1. The molecular weight excluding hydrogens is 160 g/mol. The molecule has 0 aliphatic heterocycles. The van der Waals surface area contributed by atoms with Gasteiger partial charge in [0.1, 0.15) is 6.42 Å². The van der Waals surface area contributed by atoms with Crippen molar-refractivity contribution in [2.75, 3.05) is 26.7 Å². The average molecular weight is 174 g/mol. The first kappa shape index (κ1) is 11.1. The zero-order chi connectivity index (χ0) is 9.56. The van der Waals surface area contributed by atoms with Crippen LogP contribution in [-0.2, 0) is 9.59 Å². The zero-order valence-corrected chi connectivity index (χ0v) is 7.12. The third-order valence-electron chi connectivity index (χ3n) is 1.31. The summed E-state index contributed by atoms with van der Waals surface area (Å²) in [7, 11) is 1.73. The van der Waals surface area contributed by atoms with Crippen LogP contribution in [0.5, 0.6) is 0 Å². The molecule has 70 valence electrons. The lowest BCUT2D eigenvalue weighted by Gasteiger charge is -2.12. The molecule has 0 aromatic heterocycles. The van der Waals surface area contributed by atoms with Crippen LogP contribution < -0.4 is 5.73 Å². The summed E-state index contributed by atoms with van der Waals surface area (Å²) in [5.74, 6) is -1.38. The maximum absolute atomic E-state index is 10.9. The Morgan fingerprint density at radius 2 is 2.08 bits per heavy atom. The molecule has 0 fully saturated rings. The zero-order valence-electron chi connectivity index (χ0n) is 7.12. The number of hydrogen-bond acceptors (Lipinski definition) is 4. The van der Waals surface area contributed by atoms with Crippen LogP contribution in [0.3, 0.4) is 0 Å². The van der Waals surface area contributed by atoms with Gasteiger partial charge in [-0.15, -0.1) is 0 Å². The van der Waals surface area contributed by atoms with Gasteiger partial charge in [-0.25, -0.2) is 0 Å². The fraction of sp³-hybridized carbons (Fsp3) is 0.714. The van der Waals surface area contributed by atoms with Gasteiger partial charge in [-0.3, -0.25) is 14.5 Å². The van der Waals surface area contributed by atoms with Gasteiger partial charge in [-0.1, -0.05) is 0 Å². The highest BCUT2D eigenvalue weighted by Gasteiger charge is 2.09. The van der Waals surface area contributed by atoms with Crippen LogP contribution >= 0.6 is 0 Å². The molecule has 0 aromatic rings. The molecule has 0 aromatic carbocycles. The molecule has 0 rings (SSSR count). The van der Waals surface area contributed by atoms with E-state index < -0.39 is 12.4 Å². The Kier molecular flexibility index (Phi) is 5.23. The van der Waals surface area contributed by atoms with E-state index in [9.17, 15) is 9.59 Å². The van der Waals surface area contributed by atoms with E-state index >= 15 is 0 Å². The number of carbonyl (C=O) groups is 2. The Hall–Kier alpha value is -0.940. The summed E-state index contributed by atoms with van der Waals surface area (Å²) < 4.78 is 0. The first-order valence-electron chi connectivity index (χ1n) is 3.68. The van der Waals surface area contributed by atoms with Crippen LogP contribution in [0.25, 0.3) is 0 Å². The minimum atomic E-state index is -1.08. The van der Waals surface area contributed by atoms with Gasteiger partial charge in [0.05, 0.1) is 6.54 Å². The summed E-state index contributed by atoms with van der Waals surface area (Å²) in [6.07, 6.45) is -0.408. The first-order chi connectivity index (χ1) is 5.56. The van der Waals surface area contributed by atoms with Gasteiger partial charge in [-0.05, 0) is 7.05 Å². The number of hydrogen-bond donors (Lipinski definition) is 2. The summed E-state index contributed by atoms with van der Waals surface area (Å²) in [4.78, 5) is 22.7. The maximum atomic E-state index is 10.9. The highest BCUT2D eigenvalue weighted by atomic mass is 16.4. The molecule has 0 saturated carbocycles. The van der Waals surface area contributed by atoms with Crippen LogP contribution in [0.15, 0.2) is 0 Å². The van der Waals surface area contributed by atoms with Gasteiger partial charge < -0.3 is 10.8 Å². The van der Waals surface area contributed by atoms with Gasteiger partial charge in [0.15, 0.2) is 5.78 Å². The monoisotopic (exact) mass is 174 g/mol. The van der Waals surface area contributed by atoms with Crippen molar-refractivity contribution in [3.05, 3.63) is 0 Å². The fourth-order valence-corrected chi connectivity index (χ4v) is 0.825. The van der Waals surface area contributed by atoms with Gasteiger partial charge >= 0.3 is 5.97 Å². The van der Waals surface area contributed by atoms with E-state index in [1.54, 1.807) is 11.9 Å². The van der Waals surface area contributed by atoms with Crippen molar-refractivity contribution in [2.24, 2.45) is 5.73 Å². The molecular formula is C7H14N2O3. The smallest absolute Gasteiger partial charge is 0.310 e. The highest BCUT2D eigenvalue weighted by Crippen LogP contribution is 1.87. The number of rotatable bonds is 6. The highest BCUT2D eigenvalue weighted by molar-refractivity contribution is 5.95. The second kappa shape index (κ2) is 5.68. The Balaban J connectivity index is 3.61. The van der Waals surface area contributed by atoms with Crippen LogP contribution in [0.1, 0.15) is 6.42 Å². The molecule has 0 bridgehead atoms. The molecule has 0 aliphatic rings. The minimum Gasteiger partial charge on any atom is -0.481 e. The number of Topliss-reactive ketones (excluding diaryl/α,β-unsaturated/α-hetero) is 1. The van der Waals surface area contributed by atoms with Crippen LogP contribution in [-0.4, -0.2) is 48.4 Å². The lowest BCUT2D eigenvalue weighted by Crippen LogP contribution is -2.31. The standard InChI is InChI=1S/C7H14N2O3/c1-9(3-2-8)5-6(10)4-7(11)12/h2-5,8H2,1H3,(H,11,12). The van der Waals surface area contributed by atoms with E-state index in [2.05, 4.69) is 0 Å². The fourth-order valence-electron chi connectivity index (χ4n) is 0.825. The van der Waals surface area contributed by atoms with E-state index in [-0.39, 0.29) is 12.3 Å². The first-order valence-corrected chi connectivity index (χ1v) is 3.68. The molecule has 0 atom stereocenters. The number of likely N-dealkylation sites (N-methyl/N-ethyl adjacent to an activating group) is 1. The molecule has 0 aliphatic carbocycles. The summed E-state index contributed by atoms with van der Waals surface area (Å²) >= 11 is 0. The van der Waals surface area contributed by atoms with Crippen LogP contribution in [0, 0.1) is 0 Å². The molecule has 0 radical (unpaired) electrons. The van der Waals surface area contributed by atoms with Crippen molar-refractivity contribution < 1.29 is 14.7 Å². The Morgan fingerprint density at radius 3 is 2.50 bits per heavy atom. The van der Waals surface area contributed by atoms with Gasteiger partial charge in [0, 0.05) is 13.1 Å². The lowest BCUT2D eigenvalue weighted by atomic mass is 10.3. The lowest BCUT2D eigenvalue weighted by molar-refractivity contribution is -0.140. The van der Waals surface area contributed by atoms with E-state index in [0.29, 0.717) is 13.1 Å². The van der Waals surface area contributed by atoms with Crippen molar-refractivity contribution in [3.8, 4) is 0 Å². The van der Waals surface area contributed by atoms with Crippen molar-refractivity contribution in [3.63, 3.8) is 0 Å². The van der Waals surface area contributed by atoms with Gasteiger partial charge in [0.25, 0.3) is 0 Å². The minimum absolute atomic E-state index is 0.156. The summed E-state index contributed by atoms with van der Waals surface area (Å²) in [6, 6.07) is 0. The third kappa shape index (κ3) is 5.82. The van der Waals surface area contributed by atoms with Crippen molar-refractivity contribution >= 4 is 11.8 Å². The van der Waals surface area contributed by atoms with Gasteiger partial charge in [-0.2, -0.15) is 0 Å². The van der Waals surface area contributed by atoms with Crippen LogP contribution in [0.2, 0.25) is 0 Å². The largest absolute Gasteiger partial charge is 0.481 e. The molecule has 0 spiro atoms. The summed E-state index contributed by atoms with van der Waals surface area (Å²) in [5.41, 5.74) is 5.24. The SMILES string of the molecule is CN(CCN)CC(=O)CC(=O)O. The Labute approximate surface area is 71.1 Å². The molecule has 5 nitrogen and oxygen atoms in total. The Morgan fingerprint density at radius 1 is 1.50 bits per heavy atom. The van der Waals surface area contributed by atoms with Gasteiger partial charge in [0.2, 0.25) is 0 Å². The molecule has 0 unspecified atom stereocenters. The van der Waals surface area contributed by atoms with E-state index in [1.165, 1.54) is 0 Å². The quantitative estimate of drug-likeness (QED) is 0.500. The normalized spacial score (nSPS) is 10.2. The summed E-state index contributed by atoms with van der Waals surface area (Å²) in [6.45, 7) is 1.23. The van der Waals surface area contributed by atoms with Crippen LogP contribution in [0.4, 0.5) is 0 Å². The van der Waals surface area contributed by atoms with E-state index in [4.69, 9.17) is 10.8 Å². The molecule has 0 heterocycles. The van der Waals surface area contributed by atoms with Crippen molar-refractivity contribution in [1.82, 2.24) is 4.90 Å². The predicted molar refractivity (Wildman–Crippen MR) is 43.8 cm³/mol. The van der Waals surface area contributed by atoms with E-state index in [1.807, 2.05) is 0 Å². The second-order valence-corrected chi connectivity index (χ2v) is 2.64. The molecule has 5 heteroatoms. The van der Waals surface area contributed by atoms with Crippen molar-refractivity contribution in [2.45, 2.75) is 6.42 Å². The topological polar surface area (TPSA) is 83.6 Å². The number of carboxylic acid groups (broad SMARTS) is 1. The third-order valence-corrected chi connectivity index (χ3v) is 1.31. The maximum Gasteiger partial charge on any atom is 0.310 e. The van der Waals surface area contributed by atoms with Crippen molar-refractivity contribution in [1.29, 1.82) is 0 Å². The molecule has 0 amide bonds. The van der Waals surface area contributed by atoms with E-state index in [0.717, 1.165) is 0 Å². The summed E-state index contributed by atoms with van der Waals surface area (Å²) in [5, 5.41) is 8.26. The number of nitrogens with two attached hydrogens (primary N) is 1. The molecule has 3 N–H and O–H groups in total. The number of carboxylic acids is 1. The molecule has 0 saturated heterocycles. The second-order valence-electron chi connectivity index (χ2n) is 2.64. The average Bonchev–Trinajstić information content (AvgIpc) is 1.84. The molecule has 12 heavy (non-hydrogen) atoms. The number of aliphatic carboxylic acids is 1. The Bertz CT molecular complexity index is 170.